The van der Waals surface area contributed by atoms with Gasteiger partial charge in [0.15, 0.2) is 0 Å². The van der Waals surface area contributed by atoms with Crippen molar-refractivity contribution in [1.29, 1.82) is 5.41 Å². The topological polar surface area (TPSA) is 83.2 Å². The molecule has 0 aliphatic heterocycles. The predicted octanol–water partition coefficient (Wildman–Crippen LogP) is 3.80. The summed E-state index contributed by atoms with van der Waals surface area (Å²) in [6.45, 7) is 3.84. The van der Waals surface area contributed by atoms with Crippen LogP contribution in [0.4, 0.5) is 5.69 Å². The van der Waals surface area contributed by atoms with Crippen molar-refractivity contribution in [3.05, 3.63) is 65.9 Å². The van der Waals surface area contributed by atoms with Crippen LogP contribution in [0.15, 0.2) is 54.7 Å². The fraction of sp³-hybridized carbons (Fsp3) is 0.286. The van der Waals surface area contributed by atoms with Crippen molar-refractivity contribution in [3.8, 4) is 5.75 Å². The molecule has 0 amide bonds. The molecule has 0 aromatic heterocycles. The lowest BCUT2D eigenvalue weighted by atomic mass is 10.0. The van der Waals surface area contributed by atoms with Gasteiger partial charge in [-0.1, -0.05) is 37.3 Å². The largest absolute Gasteiger partial charge is 0.496 e. The van der Waals surface area contributed by atoms with Gasteiger partial charge < -0.3 is 26.5 Å². The van der Waals surface area contributed by atoms with E-state index >= 15 is 0 Å². The van der Waals surface area contributed by atoms with Crippen LogP contribution in [0.1, 0.15) is 30.5 Å². The third-order valence-electron chi connectivity index (χ3n) is 4.30. The zero-order chi connectivity index (χ0) is 18.8. The van der Waals surface area contributed by atoms with E-state index in [0.717, 1.165) is 30.8 Å². The molecule has 5 nitrogen and oxygen atoms in total. The van der Waals surface area contributed by atoms with Gasteiger partial charge in [-0.25, -0.2) is 0 Å². The maximum atomic E-state index is 7.44. The molecular formula is C21H28N4O. The van der Waals surface area contributed by atoms with Gasteiger partial charge in [0.2, 0.25) is 0 Å². The fourth-order valence-corrected chi connectivity index (χ4v) is 2.89. The van der Waals surface area contributed by atoms with Gasteiger partial charge in [-0.05, 0) is 24.1 Å². The Balaban J connectivity index is 1.92. The Hall–Kier alpha value is -2.79. The van der Waals surface area contributed by atoms with Crippen LogP contribution in [0, 0.1) is 5.41 Å². The quantitative estimate of drug-likeness (QED) is 0.387. The highest BCUT2D eigenvalue weighted by atomic mass is 16.5. The summed E-state index contributed by atoms with van der Waals surface area (Å²) in [6.07, 6.45) is 3.68. The van der Waals surface area contributed by atoms with E-state index in [1.165, 1.54) is 18.0 Å². The number of rotatable bonds is 10. The van der Waals surface area contributed by atoms with Gasteiger partial charge in [0.25, 0.3) is 0 Å². The first-order valence-corrected chi connectivity index (χ1v) is 8.86. The number of nitrogens with one attached hydrogen (secondary N) is 3. The lowest BCUT2D eigenvalue weighted by Crippen LogP contribution is -2.26. The molecule has 0 heterocycles. The zero-order valence-electron chi connectivity index (χ0n) is 15.5. The lowest BCUT2D eigenvalue weighted by Gasteiger charge is -2.18. The Labute approximate surface area is 155 Å². The number of anilines is 1. The summed E-state index contributed by atoms with van der Waals surface area (Å²) in [4.78, 5) is 0. The van der Waals surface area contributed by atoms with Crippen molar-refractivity contribution in [1.82, 2.24) is 5.32 Å². The molecular weight excluding hydrogens is 324 g/mol. The standard InChI is InChI=1S/C21H28N4O/c1-3-20(16-7-5-4-6-8-16)25-12-11-24-18-9-10-19(17(14-22)15-23)21(13-18)26-2/h4-10,13-15,20,22,24-25H,3,11-12,23H2,1-2H3/b17-15+,22-14?. The van der Waals surface area contributed by atoms with Crippen LogP contribution in [0.3, 0.4) is 0 Å². The summed E-state index contributed by atoms with van der Waals surface area (Å²) >= 11 is 0. The fourth-order valence-electron chi connectivity index (χ4n) is 2.89. The Morgan fingerprint density at radius 3 is 2.58 bits per heavy atom. The summed E-state index contributed by atoms with van der Waals surface area (Å²) in [5.74, 6) is 0.693. The van der Waals surface area contributed by atoms with Crippen LogP contribution < -0.4 is 21.1 Å². The van der Waals surface area contributed by atoms with Gasteiger partial charge in [-0.2, -0.15) is 0 Å². The predicted molar refractivity (Wildman–Crippen MR) is 110 cm³/mol. The molecule has 2 aromatic carbocycles. The summed E-state index contributed by atoms with van der Waals surface area (Å²) in [5.41, 5.74) is 9.30. The van der Waals surface area contributed by atoms with Crippen LogP contribution in [-0.2, 0) is 0 Å². The summed E-state index contributed by atoms with van der Waals surface area (Å²) in [7, 11) is 1.62. The molecule has 1 atom stereocenters. The molecule has 0 radical (unpaired) electrons. The van der Waals surface area contributed by atoms with Gasteiger partial charge in [-0.15, -0.1) is 0 Å². The molecule has 0 saturated heterocycles. The average Bonchev–Trinajstić information content (AvgIpc) is 2.70. The second-order valence-corrected chi connectivity index (χ2v) is 5.93. The molecule has 0 fully saturated rings. The summed E-state index contributed by atoms with van der Waals surface area (Å²) in [5, 5.41) is 14.4. The van der Waals surface area contributed by atoms with Gasteiger partial charge in [-0.3, -0.25) is 0 Å². The van der Waals surface area contributed by atoms with E-state index in [0.29, 0.717) is 17.4 Å². The van der Waals surface area contributed by atoms with Crippen LogP contribution in [-0.4, -0.2) is 26.4 Å². The third kappa shape index (κ3) is 5.10. The highest BCUT2D eigenvalue weighted by Gasteiger charge is 2.09. The number of benzene rings is 2. The minimum atomic E-state index is 0.361. The number of allylic oxidation sites excluding steroid dienone is 1. The lowest BCUT2D eigenvalue weighted by molar-refractivity contribution is 0.414. The van der Waals surface area contributed by atoms with Crippen molar-refractivity contribution in [2.45, 2.75) is 19.4 Å². The highest BCUT2D eigenvalue weighted by Crippen LogP contribution is 2.28. The monoisotopic (exact) mass is 352 g/mol. The first kappa shape index (κ1) is 19.5. The summed E-state index contributed by atoms with van der Waals surface area (Å²) < 4.78 is 5.44. The smallest absolute Gasteiger partial charge is 0.128 e. The van der Waals surface area contributed by atoms with Gasteiger partial charge in [0, 0.05) is 54.4 Å². The second-order valence-electron chi connectivity index (χ2n) is 5.93. The Bertz CT molecular complexity index is 728. The van der Waals surface area contributed by atoms with E-state index < -0.39 is 0 Å². The Morgan fingerprint density at radius 2 is 1.96 bits per heavy atom. The Morgan fingerprint density at radius 1 is 1.19 bits per heavy atom. The number of nitrogens with two attached hydrogens (primary N) is 1. The molecule has 1 unspecified atom stereocenters. The summed E-state index contributed by atoms with van der Waals surface area (Å²) in [6, 6.07) is 16.7. The van der Waals surface area contributed by atoms with Crippen LogP contribution >= 0.6 is 0 Å². The van der Waals surface area contributed by atoms with E-state index in [1.54, 1.807) is 7.11 Å². The van der Waals surface area contributed by atoms with E-state index in [9.17, 15) is 0 Å². The van der Waals surface area contributed by atoms with E-state index in [1.807, 2.05) is 24.3 Å². The number of methoxy groups -OCH3 is 1. The van der Waals surface area contributed by atoms with Crippen LogP contribution in [0.2, 0.25) is 0 Å². The van der Waals surface area contributed by atoms with Crippen molar-refractivity contribution in [2.24, 2.45) is 5.73 Å². The van der Waals surface area contributed by atoms with Crippen molar-refractivity contribution in [2.75, 3.05) is 25.5 Å². The highest BCUT2D eigenvalue weighted by molar-refractivity contribution is 6.09. The maximum Gasteiger partial charge on any atom is 0.128 e. The van der Waals surface area contributed by atoms with Crippen LogP contribution in [0.5, 0.6) is 5.75 Å². The molecule has 0 aliphatic rings. The molecule has 5 heteroatoms. The normalized spacial score (nSPS) is 12.5. The zero-order valence-corrected chi connectivity index (χ0v) is 15.5. The van der Waals surface area contributed by atoms with Gasteiger partial charge in [0.05, 0.1) is 7.11 Å². The number of hydrogen-bond acceptors (Lipinski definition) is 5. The third-order valence-corrected chi connectivity index (χ3v) is 4.30. The maximum absolute atomic E-state index is 7.44. The average molecular weight is 352 g/mol. The number of ether oxygens (including phenoxy) is 1. The molecule has 0 aliphatic carbocycles. The molecule has 2 rings (SSSR count). The molecule has 0 bridgehead atoms. The van der Waals surface area contributed by atoms with Crippen molar-refractivity contribution >= 4 is 17.5 Å². The molecule has 0 saturated carbocycles. The van der Waals surface area contributed by atoms with Gasteiger partial charge in [0.1, 0.15) is 5.75 Å². The van der Waals surface area contributed by atoms with E-state index in [2.05, 4.69) is 41.8 Å². The van der Waals surface area contributed by atoms with E-state index in [4.69, 9.17) is 15.9 Å². The molecule has 0 spiro atoms. The van der Waals surface area contributed by atoms with E-state index in [-0.39, 0.29) is 0 Å². The minimum Gasteiger partial charge on any atom is -0.496 e. The van der Waals surface area contributed by atoms with Gasteiger partial charge >= 0.3 is 0 Å². The minimum absolute atomic E-state index is 0.361. The molecule has 2 aromatic rings. The first-order chi connectivity index (χ1) is 12.7. The van der Waals surface area contributed by atoms with Crippen LogP contribution in [0.25, 0.3) is 5.57 Å². The molecule has 5 N–H and O–H groups in total. The number of hydrogen-bond donors (Lipinski definition) is 4. The van der Waals surface area contributed by atoms with Crippen molar-refractivity contribution in [3.63, 3.8) is 0 Å². The second kappa shape index (κ2) is 10.3. The Kier molecular flexibility index (Phi) is 7.71. The van der Waals surface area contributed by atoms with Crippen molar-refractivity contribution < 1.29 is 4.74 Å². The first-order valence-electron chi connectivity index (χ1n) is 8.86. The molecule has 138 valence electrons. The molecule has 26 heavy (non-hydrogen) atoms. The SMILES string of the molecule is CCC(NCCNc1ccc(/C(C=N)=C/N)c(OC)c1)c1ccccc1.